The molecule has 0 saturated heterocycles. The van der Waals surface area contributed by atoms with E-state index in [9.17, 15) is 22.8 Å². The van der Waals surface area contributed by atoms with Gasteiger partial charge in [0.05, 0.1) is 13.0 Å². The summed E-state index contributed by atoms with van der Waals surface area (Å²) in [4.78, 5) is 22.9. The Morgan fingerprint density at radius 1 is 1.05 bits per heavy atom. The van der Waals surface area contributed by atoms with Gasteiger partial charge in [0.1, 0.15) is 5.75 Å². The molecule has 0 fully saturated rings. The molecule has 0 bridgehead atoms. The van der Waals surface area contributed by atoms with Crippen molar-refractivity contribution in [3.8, 4) is 5.75 Å². The number of benzene rings is 3. The van der Waals surface area contributed by atoms with E-state index in [-0.39, 0.29) is 37.1 Å². The fourth-order valence-electron chi connectivity index (χ4n) is 3.95. The molecule has 3 rings (SSSR count). The molecule has 7 nitrogen and oxygen atoms in total. The number of nitrogens with two attached hydrogens (primary N) is 1. The van der Waals surface area contributed by atoms with Crippen LogP contribution in [0.1, 0.15) is 46.3 Å². The SMILES string of the molecule is C=C(/C=C(/C(C)c1ccc(Cl)cc1)N(N)Cc1ccc(C(=O)NCCC(=O)O)cc1)c1ccc(OC(F)(F)F)cc1. The van der Waals surface area contributed by atoms with Crippen LogP contribution in [0.15, 0.2) is 91.1 Å². The number of hydrazine groups is 1. The Hall–Kier alpha value is -4.28. The number of carbonyl (C=O) groups excluding carboxylic acids is 1. The molecule has 216 valence electrons. The average Bonchev–Trinajstić information content (AvgIpc) is 2.91. The van der Waals surface area contributed by atoms with Crippen molar-refractivity contribution in [3.63, 3.8) is 0 Å². The third-order valence-corrected chi connectivity index (χ3v) is 6.37. The summed E-state index contributed by atoms with van der Waals surface area (Å²) in [5.41, 5.74) is 3.85. The Labute approximate surface area is 240 Å². The van der Waals surface area contributed by atoms with E-state index in [2.05, 4.69) is 16.6 Å². The molecule has 0 aliphatic heterocycles. The quantitative estimate of drug-likeness (QED) is 0.127. The van der Waals surface area contributed by atoms with E-state index in [1.54, 1.807) is 42.5 Å². The van der Waals surface area contributed by atoms with Crippen LogP contribution < -0.4 is 15.9 Å². The number of carboxylic acids is 1. The molecule has 1 amide bonds. The van der Waals surface area contributed by atoms with Crippen molar-refractivity contribution in [3.05, 3.63) is 118 Å². The number of amides is 1. The maximum absolute atomic E-state index is 12.5. The summed E-state index contributed by atoms with van der Waals surface area (Å²) in [7, 11) is 0. The normalized spacial score (nSPS) is 12.4. The maximum Gasteiger partial charge on any atom is 0.573 e. The highest BCUT2D eigenvalue weighted by Gasteiger charge is 2.31. The number of hydrogen-bond acceptors (Lipinski definition) is 5. The predicted molar refractivity (Wildman–Crippen MR) is 151 cm³/mol. The molecule has 11 heteroatoms. The van der Waals surface area contributed by atoms with Crippen molar-refractivity contribution < 1.29 is 32.6 Å². The highest BCUT2D eigenvalue weighted by atomic mass is 35.5. The van der Waals surface area contributed by atoms with Gasteiger partial charge in [0.25, 0.3) is 5.91 Å². The highest BCUT2D eigenvalue weighted by molar-refractivity contribution is 6.30. The standard InChI is InChI=1S/C30H29ClF3N3O4/c1-19(22-9-13-26(14-10-22)41-30(32,33)34)17-27(20(2)23-7-11-25(31)12-8-23)37(35)18-21-3-5-24(6-4-21)29(40)36-16-15-28(38)39/h3-14,17,20H,1,15-16,18,35H2,2H3,(H,36,40)(H,38,39)/b27-17-. The second-order valence-corrected chi connectivity index (χ2v) is 9.60. The number of nitrogens with zero attached hydrogens (tertiary/aromatic N) is 1. The second-order valence-electron chi connectivity index (χ2n) is 9.16. The molecule has 4 N–H and O–H groups in total. The molecule has 0 radical (unpaired) electrons. The van der Waals surface area contributed by atoms with E-state index < -0.39 is 12.3 Å². The lowest BCUT2D eigenvalue weighted by atomic mass is 9.94. The number of ether oxygens (including phenoxy) is 1. The van der Waals surface area contributed by atoms with Crippen molar-refractivity contribution >= 4 is 29.1 Å². The van der Waals surface area contributed by atoms with E-state index in [1.165, 1.54) is 29.3 Å². The fourth-order valence-corrected chi connectivity index (χ4v) is 4.07. The van der Waals surface area contributed by atoms with E-state index in [4.69, 9.17) is 22.6 Å². The van der Waals surface area contributed by atoms with E-state index in [0.29, 0.717) is 27.4 Å². The predicted octanol–water partition coefficient (Wildman–Crippen LogP) is 6.52. The minimum Gasteiger partial charge on any atom is -0.481 e. The molecule has 0 aliphatic carbocycles. The minimum atomic E-state index is -4.79. The van der Waals surface area contributed by atoms with Gasteiger partial charge in [-0.25, -0.2) is 5.84 Å². The zero-order chi connectivity index (χ0) is 30.2. The van der Waals surface area contributed by atoms with E-state index in [0.717, 1.165) is 11.1 Å². The molecular weight excluding hydrogens is 559 g/mol. The van der Waals surface area contributed by atoms with Gasteiger partial charge in [-0.15, -0.1) is 13.2 Å². The van der Waals surface area contributed by atoms with Crippen LogP contribution in [0, 0.1) is 0 Å². The van der Waals surface area contributed by atoms with Gasteiger partial charge in [0.15, 0.2) is 0 Å². The van der Waals surface area contributed by atoms with Crippen LogP contribution in [0.25, 0.3) is 5.57 Å². The van der Waals surface area contributed by atoms with Crippen LogP contribution in [0.2, 0.25) is 5.02 Å². The zero-order valence-corrected chi connectivity index (χ0v) is 22.9. The van der Waals surface area contributed by atoms with Crippen molar-refractivity contribution in [1.82, 2.24) is 10.3 Å². The highest BCUT2D eigenvalue weighted by Crippen LogP contribution is 2.31. The van der Waals surface area contributed by atoms with Crippen molar-refractivity contribution in [1.29, 1.82) is 0 Å². The summed E-state index contributed by atoms with van der Waals surface area (Å²) in [5.74, 6) is 4.60. The van der Waals surface area contributed by atoms with E-state index >= 15 is 0 Å². The summed E-state index contributed by atoms with van der Waals surface area (Å²) in [6.45, 7) is 6.32. The van der Waals surface area contributed by atoms with Crippen molar-refractivity contribution in [2.24, 2.45) is 5.84 Å². The molecule has 3 aromatic rings. The Kier molecular flexibility index (Phi) is 10.6. The smallest absolute Gasteiger partial charge is 0.481 e. The minimum absolute atomic E-state index is 0.0191. The van der Waals surface area contributed by atoms with Gasteiger partial charge in [0, 0.05) is 28.7 Å². The Morgan fingerprint density at radius 2 is 1.63 bits per heavy atom. The molecule has 0 spiro atoms. The number of alkyl halides is 3. The van der Waals surface area contributed by atoms with Gasteiger partial charge in [-0.1, -0.05) is 61.5 Å². The number of carbonyl (C=O) groups is 2. The van der Waals surface area contributed by atoms with Crippen molar-refractivity contribution in [2.45, 2.75) is 32.2 Å². The van der Waals surface area contributed by atoms with Crippen LogP contribution in [0.5, 0.6) is 5.75 Å². The first-order chi connectivity index (χ1) is 19.3. The lowest BCUT2D eigenvalue weighted by molar-refractivity contribution is -0.274. The van der Waals surface area contributed by atoms with Crippen LogP contribution >= 0.6 is 11.6 Å². The zero-order valence-electron chi connectivity index (χ0n) is 22.1. The van der Waals surface area contributed by atoms with Crippen molar-refractivity contribution in [2.75, 3.05) is 6.54 Å². The number of hydrogen-bond donors (Lipinski definition) is 3. The summed E-state index contributed by atoms with van der Waals surface area (Å²) in [6.07, 6.45) is -3.20. The van der Waals surface area contributed by atoms with Gasteiger partial charge in [-0.2, -0.15) is 0 Å². The monoisotopic (exact) mass is 587 g/mol. The number of allylic oxidation sites excluding steroid dienone is 3. The van der Waals surface area contributed by atoms with Gasteiger partial charge in [-0.05, 0) is 64.7 Å². The van der Waals surface area contributed by atoms with Crippen LogP contribution in [0.3, 0.4) is 0 Å². The number of carboxylic acid groups (broad SMARTS) is 1. The van der Waals surface area contributed by atoms with Gasteiger partial charge in [-0.3, -0.25) is 9.59 Å². The number of halogens is 4. The van der Waals surface area contributed by atoms with Gasteiger partial charge in [0.2, 0.25) is 0 Å². The Balaban J connectivity index is 1.82. The Morgan fingerprint density at radius 3 is 2.20 bits per heavy atom. The lowest BCUT2D eigenvalue weighted by Crippen LogP contribution is -2.32. The van der Waals surface area contributed by atoms with Gasteiger partial charge < -0.3 is 20.2 Å². The molecule has 0 aromatic heterocycles. The summed E-state index contributed by atoms with van der Waals surface area (Å²) >= 11 is 6.06. The summed E-state index contributed by atoms with van der Waals surface area (Å²) in [6, 6.07) is 19.4. The first-order valence-corrected chi connectivity index (χ1v) is 12.8. The number of nitrogens with one attached hydrogen (secondary N) is 1. The van der Waals surface area contributed by atoms with Crippen LogP contribution in [-0.4, -0.2) is 34.9 Å². The summed E-state index contributed by atoms with van der Waals surface area (Å²) < 4.78 is 41.6. The fraction of sp³-hybridized carbons (Fsp3) is 0.200. The summed E-state index contributed by atoms with van der Waals surface area (Å²) in [5, 5.41) is 13.4. The molecule has 0 saturated carbocycles. The molecule has 1 atom stereocenters. The lowest BCUT2D eigenvalue weighted by Gasteiger charge is -2.28. The average molecular weight is 588 g/mol. The van der Waals surface area contributed by atoms with Crippen LogP contribution in [-0.2, 0) is 11.3 Å². The largest absolute Gasteiger partial charge is 0.573 e. The van der Waals surface area contributed by atoms with E-state index in [1.807, 2.05) is 19.1 Å². The Bertz CT molecular complexity index is 1390. The molecule has 3 aromatic carbocycles. The first-order valence-electron chi connectivity index (χ1n) is 12.5. The molecular formula is C30H29ClF3N3O4. The topological polar surface area (TPSA) is 105 Å². The van der Waals surface area contributed by atoms with Crippen LogP contribution in [0.4, 0.5) is 13.2 Å². The molecule has 0 heterocycles. The third-order valence-electron chi connectivity index (χ3n) is 6.12. The molecule has 0 aliphatic rings. The molecule has 41 heavy (non-hydrogen) atoms. The first kappa shape index (κ1) is 31.3. The number of rotatable bonds is 12. The maximum atomic E-state index is 12.5. The molecule has 1 unspecified atom stereocenters. The third kappa shape index (κ3) is 9.70. The number of aliphatic carboxylic acids is 1. The second kappa shape index (κ2) is 13.9. The van der Waals surface area contributed by atoms with Gasteiger partial charge >= 0.3 is 12.3 Å².